The van der Waals surface area contributed by atoms with Gasteiger partial charge in [-0.25, -0.2) is 0 Å². The first-order valence-electron chi connectivity index (χ1n) is 6.09. The molecule has 0 N–H and O–H groups in total. The van der Waals surface area contributed by atoms with E-state index in [1.54, 1.807) is 0 Å². The fourth-order valence-electron chi connectivity index (χ4n) is 1.95. The van der Waals surface area contributed by atoms with Crippen molar-refractivity contribution in [2.75, 3.05) is 0 Å². The minimum absolute atomic E-state index is 0.0747. The smallest absolute Gasteiger partial charge is 0.258 e. The van der Waals surface area contributed by atoms with Crippen LogP contribution >= 0.6 is 15.9 Å². The summed E-state index contributed by atoms with van der Waals surface area (Å²) in [6.45, 7) is 3.96. The Kier molecular flexibility index (Phi) is 5.56. The maximum absolute atomic E-state index is 13.0. The molecule has 0 aromatic heterocycles. The van der Waals surface area contributed by atoms with Crippen LogP contribution in [0.1, 0.15) is 31.4 Å². The van der Waals surface area contributed by atoms with Crippen LogP contribution in [0, 0.1) is 16.0 Å². The second-order valence-corrected chi connectivity index (χ2v) is 6.32. The second kappa shape index (κ2) is 6.56. The molecule has 1 unspecified atom stereocenters. The molecule has 0 spiro atoms. The number of halogens is 4. The summed E-state index contributed by atoms with van der Waals surface area (Å²) in [6.07, 6.45) is -3.68. The zero-order chi connectivity index (χ0) is 15.5. The van der Waals surface area contributed by atoms with Gasteiger partial charge < -0.3 is 0 Å². The van der Waals surface area contributed by atoms with Crippen molar-refractivity contribution in [1.82, 2.24) is 0 Å². The van der Waals surface area contributed by atoms with Crippen LogP contribution in [0.2, 0.25) is 0 Å². The number of nitrogens with zero attached hydrogens (tertiary/aromatic N) is 1. The molecule has 0 fully saturated rings. The molecule has 1 rings (SSSR count). The summed E-state index contributed by atoms with van der Waals surface area (Å²) in [7, 11) is 0. The molecular weight excluding hydrogens is 339 g/mol. The van der Waals surface area contributed by atoms with E-state index in [0.717, 1.165) is 12.5 Å². The lowest BCUT2D eigenvalue weighted by Gasteiger charge is -2.16. The van der Waals surface area contributed by atoms with E-state index in [4.69, 9.17) is 0 Å². The molecule has 0 amide bonds. The Morgan fingerprint density at radius 2 is 1.95 bits per heavy atom. The van der Waals surface area contributed by atoms with E-state index in [2.05, 4.69) is 15.9 Å². The zero-order valence-corrected chi connectivity index (χ0v) is 12.7. The van der Waals surface area contributed by atoms with Gasteiger partial charge in [0.25, 0.3) is 5.69 Å². The number of alkyl halides is 4. The monoisotopic (exact) mass is 353 g/mol. The van der Waals surface area contributed by atoms with Crippen molar-refractivity contribution in [3.05, 3.63) is 39.4 Å². The first kappa shape index (κ1) is 16.9. The lowest BCUT2D eigenvalue weighted by atomic mass is 9.98. The van der Waals surface area contributed by atoms with Gasteiger partial charge in [-0.15, -0.1) is 0 Å². The molecule has 0 aliphatic heterocycles. The minimum Gasteiger partial charge on any atom is -0.258 e. The Labute approximate surface area is 123 Å². The Morgan fingerprint density at radius 1 is 1.35 bits per heavy atom. The van der Waals surface area contributed by atoms with Gasteiger partial charge in [0.2, 0.25) is 0 Å². The van der Waals surface area contributed by atoms with Gasteiger partial charge in [0.05, 0.1) is 10.5 Å². The van der Waals surface area contributed by atoms with Crippen molar-refractivity contribution in [2.24, 2.45) is 5.92 Å². The van der Waals surface area contributed by atoms with Gasteiger partial charge in [0.1, 0.15) is 0 Å². The molecule has 0 bridgehead atoms. The third kappa shape index (κ3) is 4.77. The van der Waals surface area contributed by atoms with Crippen LogP contribution in [0.4, 0.5) is 18.9 Å². The summed E-state index contributed by atoms with van der Waals surface area (Å²) in [5, 5.41) is 10.6. The van der Waals surface area contributed by atoms with Gasteiger partial charge in [0, 0.05) is 17.0 Å². The molecule has 0 saturated carbocycles. The topological polar surface area (TPSA) is 43.1 Å². The van der Waals surface area contributed by atoms with Crippen molar-refractivity contribution in [1.29, 1.82) is 0 Å². The van der Waals surface area contributed by atoms with E-state index in [-0.39, 0.29) is 16.8 Å². The first-order valence-corrected chi connectivity index (χ1v) is 7.01. The molecule has 0 aliphatic carbocycles. The van der Waals surface area contributed by atoms with E-state index in [0.29, 0.717) is 12.0 Å². The van der Waals surface area contributed by atoms with E-state index < -0.39 is 22.4 Å². The normalized spacial score (nSPS) is 13.6. The molecule has 20 heavy (non-hydrogen) atoms. The lowest BCUT2D eigenvalue weighted by molar-refractivity contribution is -0.385. The molecule has 0 aliphatic rings. The van der Waals surface area contributed by atoms with Crippen LogP contribution in [0.15, 0.2) is 18.2 Å². The summed E-state index contributed by atoms with van der Waals surface area (Å²) >= 11 is 3.36. The highest BCUT2D eigenvalue weighted by molar-refractivity contribution is 9.09. The van der Waals surface area contributed by atoms with Crippen LogP contribution in [0.5, 0.6) is 0 Å². The van der Waals surface area contributed by atoms with Crippen LogP contribution in [0.3, 0.4) is 0 Å². The van der Waals surface area contributed by atoms with E-state index in [1.807, 2.05) is 13.8 Å². The van der Waals surface area contributed by atoms with Gasteiger partial charge in [0.15, 0.2) is 0 Å². The van der Waals surface area contributed by atoms with Gasteiger partial charge in [-0.2, -0.15) is 13.2 Å². The first-order chi connectivity index (χ1) is 9.11. The van der Waals surface area contributed by atoms with Crippen molar-refractivity contribution in [3.8, 4) is 0 Å². The van der Waals surface area contributed by atoms with Crippen molar-refractivity contribution < 1.29 is 18.1 Å². The molecule has 0 radical (unpaired) electrons. The average molecular weight is 354 g/mol. The standard InChI is InChI=1S/C13H15BrF3NO2/c1-8(2)5-10(14)6-9-3-4-11(18(19)20)7-12(9)13(15,16)17/h3-4,7-8,10H,5-6H2,1-2H3. The highest BCUT2D eigenvalue weighted by Gasteiger charge is 2.35. The van der Waals surface area contributed by atoms with Crippen molar-refractivity contribution in [3.63, 3.8) is 0 Å². The summed E-state index contributed by atoms with van der Waals surface area (Å²) in [5.74, 6) is 0.353. The predicted molar refractivity (Wildman–Crippen MR) is 74.0 cm³/mol. The van der Waals surface area contributed by atoms with Crippen LogP contribution in [0.25, 0.3) is 0 Å². The maximum atomic E-state index is 13.0. The number of nitro benzene ring substituents is 1. The number of benzene rings is 1. The SMILES string of the molecule is CC(C)CC(Br)Cc1ccc([N+](=O)[O-])cc1C(F)(F)F. The Morgan fingerprint density at radius 3 is 2.40 bits per heavy atom. The van der Waals surface area contributed by atoms with Gasteiger partial charge in [-0.05, 0) is 24.3 Å². The van der Waals surface area contributed by atoms with Gasteiger partial charge >= 0.3 is 6.18 Å². The van der Waals surface area contributed by atoms with Crippen LogP contribution in [-0.4, -0.2) is 9.75 Å². The van der Waals surface area contributed by atoms with Crippen LogP contribution < -0.4 is 0 Å². The Bertz CT molecular complexity index is 489. The number of hydrogen-bond donors (Lipinski definition) is 0. The zero-order valence-electron chi connectivity index (χ0n) is 11.1. The molecule has 0 heterocycles. The Balaban J connectivity index is 3.09. The number of hydrogen-bond acceptors (Lipinski definition) is 2. The maximum Gasteiger partial charge on any atom is 0.416 e. The lowest BCUT2D eigenvalue weighted by Crippen LogP contribution is -2.14. The predicted octanol–water partition coefficient (Wildman–Crippen LogP) is 4.97. The molecule has 1 aromatic rings. The van der Waals surface area contributed by atoms with Gasteiger partial charge in [-0.3, -0.25) is 10.1 Å². The fraction of sp³-hybridized carbons (Fsp3) is 0.538. The second-order valence-electron chi connectivity index (χ2n) is 5.03. The van der Waals surface area contributed by atoms with E-state index >= 15 is 0 Å². The van der Waals surface area contributed by atoms with E-state index in [9.17, 15) is 23.3 Å². The van der Waals surface area contributed by atoms with Crippen molar-refractivity contribution >= 4 is 21.6 Å². The number of non-ortho nitro benzene ring substituents is 1. The quantitative estimate of drug-likeness (QED) is 0.426. The molecule has 7 heteroatoms. The third-order valence-electron chi connectivity index (χ3n) is 2.78. The average Bonchev–Trinajstić information content (AvgIpc) is 2.26. The Hall–Kier alpha value is -1.11. The minimum atomic E-state index is -4.59. The number of nitro groups is 1. The molecule has 3 nitrogen and oxygen atoms in total. The van der Waals surface area contributed by atoms with Crippen LogP contribution in [-0.2, 0) is 12.6 Å². The third-order valence-corrected chi connectivity index (χ3v) is 3.48. The highest BCUT2D eigenvalue weighted by atomic mass is 79.9. The molecule has 1 atom stereocenters. The molecule has 112 valence electrons. The summed E-state index contributed by atoms with van der Waals surface area (Å²) in [6, 6.07) is 2.90. The summed E-state index contributed by atoms with van der Waals surface area (Å²) in [5.41, 5.74) is -1.40. The van der Waals surface area contributed by atoms with E-state index in [1.165, 1.54) is 6.07 Å². The fourth-order valence-corrected chi connectivity index (χ4v) is 3.05. The number of rotatable bonds is 5. The summed E-state index contributed by atoms with van der Waals surface area (Å²) < 4.78 is 38.9. The largest absolute Gasteiger partial charge is 0.416 e. The van der Waals surface area contributed by atoms with Crippen molar-refractivity contribution in [2.45, 2.75) is 37.7 Å². The molecular formula is C13H15BrF3NO2. The molecule has 1 aromatic carbocycles. The van der Waals surface area contributed by atoms with Gasteiger partial charge in [-0.1, -0.05) is 35.8 Å². The molecule has 0 saturated heterocycles. The summed E-state index contributed by atoms with van der Waals surface area (Å²) in [4.78, 5) is 9.67. The highest BCUT2D eigenvalue weighted by Crippen LogP contribution is 2.35.